The van der Waals surface area contributed by atoms with Gasteiger partial charge in [-0.3, -0.25) is 23.4 Å². The van der Waals surface area contributed by atoms with Gasteiger partial charge >= 0.3 is 23.9 Å². The lowest BCUT2D eigenvalue weighted by atomic mass is 9.98. The van der Waals surface area contributed by atoms with Crippen LogP contribution >= 0.6 is 0 Å². The SMILES string of the molecule is CC(=O)OC[C@H]1O[C@@H](Oc2ccccc2COS(C)(=O)=O)[C@H](OC(C)=O)[C@@H](OC(C)=O)[C@H]1OC(C)=O. The first-order valence-electron chi connectivity index (χ1n) is 10.7. The largest absolute Gasteiger partial charge is 0.463 e. The lowest BCUT2D eigenvalue weighted by Gasteiger charge is -2.44. The fraction of sp³-hybridized carbons (Fsp3) is 0.545. The average molecular weight is 533 g/mol. The van der Waals surface area contributed by atoms with E-state index in [-0.39, 0.29) is 12.4 Å². The zero-order valence-corrected chi connectivity index (χ0v) is 21.1. The van der Waals surface area contributed by atoms with Crippen LogP contribution in [0.5, 0.6) is 5.75 Å². The maximum absolute atomic E-state index is 11.9. The van der Waals surface area contributed by atoms with Crippen LogP contribution in [0.3, 0.4) is 0 Å². The van der Waals surface area contributed by atoms with Gasteiger partial charge in [-0.15, -0.1) is 0 Å². The fourth-order valence-corrected chi connectivity index (χ4v) is 3.66. The summed E-state index contributed by atoms with van der Waals surface area (Å²) in [6.07, 6.45) is -5.96. The van der Waals surface area contributed by atoms with Crippen LogP contribution in [-0.4, -0.2) is 75.9 Å². The second-order valence-corrected chi connectivity index (χ2v) is 9.40. The van der Waals surface area contributed by atoms with Crippen molar-refractivity contribution in [1.82, 2.24) is 0 Å². The van der Waals surface area contributed by atoms with E-state index in [4.69, 9.17) is 32.6 Å². The van der Waals surface area contributed by atoms with E-state index in [0.29, 0.717) is 5.56 Å². The van der Waals surface area contributed by atoms with Gasteiger partial charge in [0.1, 0.15) is 18.5 Å². The molecule has 0 radical (unpaired) electrons. The predicted octanol–water partition coefficient (Wildman–Crippen LogP) is 0.625. The number of ether oxygens (including phenoxy) is 6. The van der Waals surface area contributed by atoms with Crippen molar-refractivity contribution in [3.8, 4) is 5.75 Å². The van der Waals surface area contributed by atoms with E-state index >= 15 is 0 Å². The molecule has 1 fully saturated rings. The maximum Gasteiger partial charge on any atom is 0.303 e. The summed E-state index contributed by atoms with van der Waals surface area (Å²) in [7, 11) is -3.77. The number of carbonyl (C=O) groups excluding carboxylic acids is 4. The van der Waals surface area contributed by atoms with Crippen molar-refractivity contribution in [3.05, 3.63) is 29.8 Å². The number of hydrogen-bond donors (Lipinski definition) is 0. The first-order valence-corrected chi connectivity index (χ1v) is 12.5. The van der Waals surface area contributed by atoms with Gasteiger partial charge in [0.05, 0.1) is 12.9 Å². The van der Waals surface area contributed by atoms with Crippen molar-refractivity contribution >= 4 is 34.0 Å². The first kappa shape index (κ1) is 29.0. The summed E-state index contributed by atoms with van der Waals surface area (Å²) >= 11 is 0. The molecule has 1 aromatic carbocycles. The molecule has 1 saturated heterocycles. The van der Waals surface area contributed by atoms with E-state index in [9.17, 15) is 27.6 Å². The summed E-state index contributed by atoms with van der Waals surface area (Å²) in [6.45, 7) is 3.66. The van der Waals surface area contributed by atoms with Crippen LogP contribution in [0.15, 0.2) is 24.3 Å². The topological polar surface area (TPSA) is 167 Å². The Morgan fingerprint density at radius 2 is 1.39 bits per heavy atom. The third kappa shape index (κ3) is 9.09. The predicted molar refractivity (Wildman–Crippen MR) is 119 cm³/mol. The van der Waals surface area contributed by atoms with Crippen LogP contribution in [0, 0.1) is 0 Å². The molecule has 0 bridgehead atoms. The highest BCUT2D eigenvalue weighted by Gasteiger charge is 2.53. The first-order chi connectivity index (χ1) is 16.8. The Hall–Kier alpha value is -3.23. The minimum absolute atomic E-state index is 0.0991. The molecule has 1 aliphatic heterocycles. The number of carbonyl (C=O) groups is 4. The van der Waals surface area contributed by atoms with Gasteiger partial charge in [0.2, 0.25) is 12.4 Å². The van der Waals surface area contributed by atoms with E-state index < -0.39 is 71.3 Å². The molecule has 36 heavy (non-hydrogen) atoms. The maximum atomic E-state index is 11.9. The van der Waals surface area contributed by atoms with Crippen LogP contribution in [-0.2, 0) is 63.8 Å². The van der Waals surface area contributed by atoms with Gasteiger partial charge in [-0.05, 0) is 6.07 Å². The van der Waals surface area contributed by atoms with Crippen LogP contribution in [0.4, 0.5) is 0 Å². The van der Waals surface area contributed by atoms with E-state index in [1.165, 1.54) is 12.1 Å². The van der Waals surface area contributed by atoms with Crippen LogP contribution in [0.25, 0.3) is 0 Å². The lowest BCUT2D eigenvalue weighted by molar-refractivity contribution is -0.288. The van der Waals surface area contributed by atoms with E-state index in [0.717, 1.165) is 34.0 Å². The van der Waals surface area contributed by atoms with E-state index in [2.05, 4.69) is 0 Å². The molecule has 0 amide bonds. The number of rotatable bonds is 10. The highest BCUT2D eigenvalue weighted by Crippen LogP contribution is 2.32. The second-order valence-electron chi connectivity index (χ2n) is 7.76. The monoisotopic (exact) mass is 532 g/mol. The zero-order chi connectivity index (χ0) is 27.0. The summed E-state index contributed by atoms with van der Waals surface area (Å²) < 4.78 is 60.5. The van der Waals surface area contributed by atoms with Crippen molar-refractivity contribution in [1.29, 1.82) is 0 Å². The second kappa shape index (κ2) is 12.6. The Morgan fingerprint density at radius 1 is 0.833 bits per heavy atom. The third-order valence-electron chi connectivity index (χ3n) is 4.59. The van der Waals surface area contributed by atoms with Gasteiger partial charge in [0.25, 0.3) is 10.1 Å². The number of hydrogen-bond acceptors (Lipinski definition) is 13. The molecule has 0 N–H and O–H groups in total. The minimum atomic E-state index is -3.77. The van der Waals surface area contributed by atoms with Gasteiger partial charge in [-0.2, -0.15) is 8.42 Å². The summed E-state index contributed by atoms with van der Waals surface area (Å²) in [5.41, 5.74) is 0.302. The molecule has 5 atom stereocenters. The molecule has 0 saturated carbocycles. The molecular formula is C22H28O13S. The van der Waals surface area contributed by atoms with Crippen molar-refractivity contribution in [3.63, 3.8) is 0 Å². The summed E-state index contributed by atoms with van der Waals surface area (Å²) in [5.74, 6) is -2.90. The zero-order valence-electron chi connectivity index (χ0n) is 20.3. The smallest absolute Gasteiger partial charge is 0.303 e. The highest BCUT2D eigenvalue weighted by atomic mass is 32.2. The van der Waals surface area contributed by atoms with Gasteiger partial charge in [-0.25, -0.2) is 0 Å². The Labute approximate surface area is 208 Å². The highest BCUT2D eigenvalue weighted by molar-refractivity contribution is 7.85. The normalized spacial score (nSPS) is 23.8. The molecule has 0 aliphatic carbocycles. The van der Waals surface area contributed by atoms with Gasteiger partial charge in [-0.1, -0.05) is 18.2 Å². The average Bonchev–Trinajstić information content (AvgIpc) is 2.74. The summed E-state index contributed by atoms with van der Waals surface area (Å²) in [6, 6.07) is 6.21. The van der Waals surface area contributed by atoms with Crippen molar-refractivity contribution in [2.24, 2.45) is 0 Å². The van der Waals surface area contributed by atoms with Gasteiger partial charge in [0, 0.05) is 33.3 Å². The standard InChI is InChI=1S/C22H28O13S/c1-12(23)29-11-18-19(31-13(2)24)20(32-14(3)25)21(33-15(4)26)22(35-18)34-17-9-7-6-8-16(17)10-30-36(5,27)28/h6-9,18-22H,10-11H2,1-5H3/t18-,19+,20+,21-,22-/m1/s1. The van der Waals surface area contributed by atoms with Crippen molar-refractivity contribution in [2.45, 2.75) is 65.0 Å². The Kier molecular flexibility index (Phi) is 10.2. The molecule has 0 aromatic heterocycles. The lowest BCUT2D eigenvalue weighted by Crippen LogP contribution is -2.63. The Balaban J connectivity index is 2.49. The van der Waals surface area contributed by atoms with Crippen molar-refractivity contribution < 1.29 is 60.2 Å². The minimum Gasteiger partial charge on any atom is -0.463 e. The number of benzene rings is 1. The summed E-state index contributed by atoms with van der Waals surface area (Å²) in [4.78, 5) is 47.0. The molecule has 1 heterocycles. The molecular weight excluding hydrogens is 504 g/mol. The van der Waals surface area contributed by atoms with Crippen LogP contribution < -0.4 is 4.74 Å². The molecule has 0 spiro atoms. The van der Waals surface area contributed by atoms with E-state index in [1.54, 1.807) is 12.1 Å². The molecule has 14 heteroatoms. The molecule has 1 aliphatic rings. The van der Waals surface area contributed by atoms with Crippen LogP contribution in [0.2, 0.25) is 0 Å². The quantitative estimate of drug-likeness (QED) is 0.234. The molecule has 200 valence electrons. The van der Waals surface area contributed by atoms with Crippen molar-refractivity contribution in [2.75, 3.05) is 12.9 Å². The molecule has 0 unspecified atom stereocenters. The molecule has 2 rings (SSSR count). The molecule has 1 aromatic rings. The third-order valence-corrected chi connectivity index (χ3v) is 5.14. The summed E-state index contributed by atoms with van der Waals surface area (Å²) in [5, 5.41) is 0. The van der Waals surface area contributed by atoms with E-state index in [1.807, 2.05) is 0 Å². The van der Waals surface area contributed by atoms with Gasteiger partial charge < -0.3 is 28.4 Å². The Bertz CT molecular complexity index is 1070. The molecule has 13 nitrogen and oxygen atoms in total. The fourth-order valence-electron chi connectivity index (χ4n) is 3.32. The number of esters is 4. The van der Waals surface area contributed by atoms with Gasteiger partial charge in [0.15, 0.2) is 12.2 Å². The van der Waals surface area contributed by atoms with Crippen LogP contribution in [0.1, 0.15) is 33.3 Å². The Morgan fingerprint density at radius 3 is 1.94 bits per heavy atom. The number of para-hydroxylation sites is 1.